The van der Waals surface area contributed by atoms with Crippen LogP contribution in [0.5, 0.6) is 0 Å². The van der Waals surface area contributed by atoms with Crippen LogP contribution in [-0.2, 0) is 14.3 Å². The zero-order valence-electron chi connectivity index (χ0n) is 14.2. The molecule has 0 spiro atoms. The normalized spacial score (nSPS) is 16.9. The van der Waals surface area contributed by atoms with Gasteiger partial charge in [-0.05, 0) is 44.0 Å². The summed E-state index contributed by atoms with van der Waals surface area (Å²) in [5, 5.41) is 5.14. The Bertz CT molecular complexity index is 645. The highest BCUT2D eigenvalue weighted by Crippen LogP contribution is 2.23. The van der Waals surface area contributed by atoms with E-state index < -0.39 is 12.0 Å². The van der Waals surface area contributed by atoms with Gasteiger partial charge in [-0.25, -0.2) is 4.79 Å². The maximum Gasteiger partial charge on any atom is 0.325 e. The Balaban J connectivity index is 1.88. The maximum atomic E-state index is 12.2. The minimum Gasteiger partial charge on any atom is -0.465 e. The topological polar surface area (TPSA) is 87.7 Å². The van der Waals surface area contributed by atoms with Crippen molar-refractivity contribution in [2.75, 3.05) is 24.6 Å². The Hall–Kier alpha value is -2.57. The lowest BCUT2D eigenvalue weighted by Crippen LogP contribution is -2.45. The summed E-state index contributed by atoms with van der Waals surface area (Å²) in [6.45, 7) is 6.20. The predicted octanol–water partition coefficient (Wildman–Crippen LogP) is 1.27. The Labute approximate surface area is 141 Å². The molecule has 7 nitrogen and oxygen atoms in total. The molecule has 3 amide bonds. The van der Waals surface area contributed by atoms with Crippen molar-refractivity contribution in [1.29, 1.82) is 0 Å². The summed E-state index contributed by atoms with van der Waals surface area (Å²) in [6.07, 6.45) is 0.236. The van der Waals surface area contributed by atoms with Crippen LogP contribution in [0.25, 0.3) is 0 Å². The fourth-order valence-electron chi connectivity index (χ4n) is 2.55. The first-order chi connectivity index (χ1) is 11.4. The van der Waals surface area contributed by atoms with E-state index in [1.807, 2.05) is 32.0 Å². The lowest BCUT2D eigenvalue weighted by atomic mass is 10.1. The van der Waals surface area contributed by atoms with Gasteiger partial charge in [0.05, 0.1) is 12.6 Å². The summed E-state index contributed by atoms with van der Waals surface area (Å²) in [5.74, 6) is -0.527. The Morgan fingerprint density at radius 2 is 2.04 bits per heavy atom. The first kappa shape index (κ1) is 17.8. The standard InChI is InChI=1S/C17H23N3O4/c1-4-24-16(22)9-18-17(23)19-13-8-15(21)20(10-13)14-6-5-11(2)12(3)7-14/h5-7,13H,4,8-10H2,1-3H3,(H2,18,19,23)/t13-/m0/s1. The van der Waals surface area contributed by atoms with Crippen LogP contribution in [0, 0.1) is 13.8 Å². The van der Waals surface area contributed by atoms with Gasteiger partial charge >= 0.3 is 12.0 Å². The SMILES string of the molecule is CCOC(=O)CNC(=O)N[C@H]1CC(=O)N(c2ccc(C)c(C)c2)C1. The van der Waals surface area contributed by atoms with Crippen LogP contribution in [-0.4, -0.2) is 43.6 Å². The Kier molecular flexibility index (Phi) is 5.78. The molecular weight excluding hydrogens is 310 g/mol. The summed E-state index contributed by atoms with van der Waals surface area (Å²) in [5.41, 5.74) is 3.11. The number of carbonyl (C=O) groups excluding carboxylic acids is 3. The number of anilines is 1. The van der Waals surface area contributed by atoms with Crippen LogP contribution in [0.15, 0.2) is 18.2 Å². The third-order valence-corrected chi connectivity index (χ3v) is 3.96. The molecule has 1 saturated heterocycles. The quantitative estimate of drug-likeness (QED) is 0.795. The molecule has 1 atom stereocenters. The first-order valence-corrected chi connectivity index (χ1v) is 7.98. The fourth-order valence-corrected chi connectivity index (χ4v) is 2.55. The number of ether oxygens (including phenoxy) is 1. The summed E-state index contributed by atoms with van der Waals surface area (Å²) in [6, 6.07) is 5.08. The first-order valence-electron chi connectivity index (χ1n) is 7.98. The maximum absolute atomic E-state index is 12.2. The summed E-state index contributed by atoms with van der Waals surface area (Å²) >= 11 is 0. The lowest BCUT2D eigenvalue weighted by Gasteiger charge is -2.18. The third kappa shape index (κ3) is 4.47. The molecule has 1 aromatic rings. The zero-order valence-corrected chi connectivity index (χ0v) is 14.2. The Morgan fingerprint density at radius 1 is 1.29 bits per heavy atom. The average molecular weight is 333 g/mol. The highest BCUT2D eigenvalue weighted by atomic mass is 16.5. The molecule has 1 fully saturated rings. The number of aryl methyl sites for hydroxylation is 2. The largest absolute Gasteiger partial charge is 0.465 e. The van der Waals surface area contributed by atoms with Crippen LogP contribution in [0.4, 0.5) is 10.5 Å². The van der Waals surface area contributed by atoms with E-state index in [-0.39, 0.29) is 31.5 Å². The van der Waals surface area contributed by atoms with Gasteiger partial charge in [-0.2, -0.15) is 0 Å². The van der Waals surface area contributed by atoms with E-state index in [1.54, 1.807) is 11.8 Å². The monoisotopic (exact) mass is 333 g/mol. The third-order valence-electron chi connectivity index (χ3n) is 3.96. The molecule has 0 radical (unpaired) electrons. The van der Waals surface area contributed by atoms with Gasteiger partial charge in [-0.3, -0.25) is 9.59 Å². The number of nitrogens with zero attached hydrogens (tertiary/aromatic N) is 1. The lowest BCUT2D eigenvalue weighted by molar-refractivity contribution is -0.141. The van der Waals surface area contributed by atoms with Crippen molar-refractivity contribution in [3.8, 4) is 0 Å². The van der Waals surface area contributed by atoms with Crippen LogP contribution in [0.2, 0.25) is 0 Å². The second-order valence-electron chi connectivity index (χ2n) is 5.81. The molecule has 2 rings (SSSR count). The number of rotatable bonds is 5. The molecule has 130 valence electrons. The molecule has 24 heavy (non-hydrogen) atoms. The number of amides is 3. The molecule has 1 heterocycles. The molecule has 7 heteroatoms. The van der Waals surface area contributed by atoms with Crippen molar-refractivity contribution in [2.24, 2.45) is 0 Å². The van der Waals surface area contributed by atoms with Crippen LogP contribution >= 0.6 is 0 Å². The van der Waals surface area contributed by atoms with E-state index in [0.717, 1.165) is 11.3 Å². The highest BCUT2D eigenvalue weighted by Gasteiger charge is 2.31. The minimum absolute atomic E-state index is 0.0334. The number of benzene rings is 1. The van der Waals surface area contributed by atoms with Crippen molar-refractivity contribution >= 4 is 23.6 Å². The Morgan fingerprint density at radius 3 is 2.71 bits per heavy atom. The predicted molar refractivity (Wildman–Crippen MR) is 89.8 cm³/mol. The van der Waals surface area contributed by atoms with Crippen LogP contribution in [0.1, 0.15) is 24.5 Å². The van der Waals surface area contributed by atoms with Crippen molar-refractivity contribution in [1.82, 2.24) is 10.6 Å². The van der Waals surface area contributed by atoms with Gasteiger partial charge in [-0.15, -0.1) is 0 Å². The van der Waals surface area contributed by atoms with Crippen LogP contribution in [0.3, 0.4) is 0 Å². The summed E-state index contributed by atoms with van der Waals surface area (Å²) in [4.78, 5) is 36.9. The van der Waals surface area contributed by atoms with Gasteiger partial charge in [0.15, 0.2) is 0 Å². The van der Waals surface area contributed by atoms with E-state index in [9.17, 15) is 14.4 Å². The number of hydrogen-bond acceptors (Lipinski definition) is 4. The fraction of sp³-hybridized carbons (Fsp3) is 0.471. The van der Waals surface area contributed by atoms with Crippen molar-refractivity contribution in [2.45, 2.75) is 33.2 Å². The van der Waals surface area contributed by atoms with E-state index in [2.05, 4.69) is 10.6 Å². The molecule has 0 aromatic heterocycles. The van der Waals surface area contributed by atoms with Crippen molar-refractivity contribution in [3.05, 3.63) is 29.3 Å². The van der Waals surface area contributed by atoms with Gasteiger partial charge in [0.25, 0.3) is 0 Å². The molecular formula is C17H23N3O4. The number of nitrogens with one attached hydrogen (secondary N) is 2. The minimum atomic E-state index is -0.494. The average Bonchev–Trinajstić information content (AvgIpc) is 2.89. The molecule has 0 bridgehead atoms. The molecule has 1 aromatic carbocycles. The van der Waals surface area contributed by atoms with E-state index >= 15 is 0 Å². The van der Waals surface area contributed by atoms with Gasteiger partial charge < -0.3 is 20.3 Å². The number of esters is 1. The van der Waals surface area contributed by atoms with Gasteiger partial charge in [0, 0.05) is 18.7 Å². The number of urea groups is 1. The molecule has 1 aliphatic rings. The van der Waals surface area contributed by atoms with Gasteiger partial charge in [0.1, 0.15) is 6.54 Å². The molecule has 0 saturated carbocycles. The summed E-state index contributed by atoms with van der Waals surface area (Å²) in [7, 11) is 0. The second-order valence-corrected chi connectivity index (χ2v) is 5.81. The highest BCUT2D eigenvalue weighted by molar-refractivity contribution is 5.97. The van der Waals surface area contributed by atoms with Crippen molar-refractivity contribution in [3.63, 3.8) is 0 Å². The molecule has 1 aliphatic heterocycles. The van der Waals surface area contributed by atoms with E-state index in [4.69, 9.17) is 4.74 Å². The van der Waals surface area contributed by atoms with Crippen molar-refractivity contribution < 1.29 is 19.1 Å². The smallest absolute Gasteiger partial charge is 0.325 e. The number of hydrogen-bond donors (Lipinski definition) is 2. The molecule has 0 unspecified atom stereocenters. The van der Waals surface area contributed by atoms with E-state index in [1.165, 1.54) is 5.56 Å². The van der Waals surface area contributed by atoms with Crippen LogP contribution < -0.4 is 15.5 Å². The second kappa shape index (κ2) is 7.81. The molecule has 2 N–H and O–H groups in total. The summed E-state index contributed by atoms with van der Waals surface area (Å²) < 4.78 is 4.73. The molecule has 0 aliphatic carbocycles. The zero-order chi connectivity index (χ0) is 17.7. The van der Waals surface area contributed by atoms with Gasteiger partial charge in [0.2, 0.25) is 5.91 Å². The van der Waals surface area contributed by atoms with E-state index in [0.29, 0.717) is 6.54 Å². The van der Waals surface area contributed by atoms with Gasteiger partial charge in [-0.1, -0.05) is 6.07 Å². The number of carbonyl (C=O) groups is 3.